The van der Waals surface area contributed by atoms with Crippen LogP contribution in [0.2, 0.25) is 0 Å². The fourth-order valence-corrected chi connectivity index (χ4v) is 2.41. The standard InChI is InChI=1S/C17H32O4/c1-4-5-6-7-8-9-10-11-12-13-15(18)14-17(2,3)16(19)21-20/h20H,4-14H2,1-3H3. The van der Waals surface area contributed by atoms with Crippen LogP contribution in [0.3, 0.4) is 0 Å². The summed E-state index contributed by atoms with van der Waals surface area (Å²) in [5, 5.41) is 8.37. The minimum atomic E-state index is -0.939. The van der Waals surface area contributed by atoms with Gasteiger partial charge in [-0.1, -0.05) is 58.3 Å². The van der Waals surface area contributed by atoms with Gasteiger partial charge in [0.05, 0.1) is 5.41 Å². The highest BCUT2D eigenvalue weighted by Crippen LogP contribution is 2.23. The minimum absolute atomic E-state index is 0.0633. The number of rotatable bonds is 13. The second kappa shape index (κ2) is 11.7. The van der Waals surface area contributed by atoms with Crippen LogP contribution in [-0.2, 0) is 14.5 Å². The second-order valence-electron chi connectivity index (χ2n) is 6.56. The molecule has 0 aromatic rings. The van der Waals surface area contributed by atoms with Gasteiger partial charge in [0.2, 0.25) is 0 Å². The summed E-state index contributed by atoms with van der Waals surface area (Å²) in [6.07, 6.45) is 11.6. The van der Waals surface area contributed by atoms with Gasteiger partial charge in [0.15, 0.2) is 0 Å². The molecule has 0 bridgehead atoms. The molecule has 4 heteroatoms. The van der Waals surface area contributed by atoms with Crippen LogP contribution in [0.5, 0.6) is 0 Å². The summed E-state index contributed by atoms with van der Waals surface area (Å²) in [5.41, 5.74) is -0.939. The lowest BCUT2D eigenvalue weighted by molar-refractivity contribution is -0.244. The van der Waals surface area contributed by atoms with Crippen LogP contribution in [0.15, 0.2) is 0 Å². The fourth-order valence-electron chi connectivity index (χ4n) is 2.41. The van der Waals surface area contributed by atoms with Gasteiger partial charge in [0.25, 0.3) is 0 Å². The van der Waals surface area contributed by atoms with Crippen molar-refractivity contribution in [2.75, 3.05) is 0 Å². The zero-order valence-corrected chi connectivity index (χ0v) is 14.0. The number of carbonyl (C=O) groups excluding carboxylic acids is 2. The Morgan fingerprint density at radius 3 is 1.86 bits per heavy atom. The van der Waals surface area contributed by atoms with Gasteiger partial charge in [0, 0.05) is 12.8 Å². The third-order valence-corrected chi connectivity index (χ3v) is 3.83. The van der Waals surface area contributed by atoms with Gasteiger partial charge in [-0.15, -0.1) is 0 Å². The van der Waals surface area contributed by atoms with E-state index in [2.05, 4.69) is 11.8 Å². The molecule has 0 spiro atoms. The van der Waals surface area contributed by atoms with Gasteiger partial charge in [-0.2, -0.15) is 5.26 Å². The monoisotopic (exact) mass is 300 g/mol. The lowest BCUT2D eigenvalue weighted by atomic mass is 9.86. The van der Waals surface area contributed by atoms with Crippen molar-refractivity contribution >= 4 is 11.8 Å². The number of unbranched alkanes of at least 4 members (excludes halogenated alkanes) is 8. The molecule has 0 heterocycles. The molecule has 0 unspecified atom stereocenters. The predicted molar refractivity (Wildman–Crippen MR) is 84.0 cm³/mol. The first-order valence-electron chi connectivity index (χ1n) is 8.31. The smallest absolute Gasteiger partial charge is 0.300 e. The number of hydrogen-bond acceptors (Lipinski definition) is 4. The second-order valence-corrected chi connectivity index (χ2v) is 6.56. The first-order valence-corrected chi connectivity index (χ1v) is 8.31. The van der Waals surface area contributed by atoms with Crippen molar-refractivity contribution in [3.05, 3.63) is 0 Å². The SMILES string of the molecule is CCCCCCCCCCCC(=O)CC(C)(C)C(=O)OO. The lowest BCUT2D eigenvalue weighted by Crippen LogP contribution is -2.28. The molecule has 0 aliphatic carbocycles. The Hall–Kier alpha value is -0.900. The number of carbonyl (C=O) groups is 2. The van der Waals surface area contributed by atoms with Crippen molar-refractivity contribution in [3.63, 3.8) is 0 Å². The highest BCUT2D eigenvalue weighted by atomic mass is 17.1. The Kier molecular flexibility index (Phi) is 11.2. The van der Waals surface area contributed by atoms with E-state index in [1.165, 1.54) is 44.9 Å². The van der Waals surface area contributed by atoms with Crippen LogP contribution in [0.4, 0.5) is 0 Å². The molecule has 0 rings (SSSR count). The number of ketones is 1. The van der Waals surface area contributed by atoms with E-state index < -0.39 is 11.4 Å². The van der Waals surface area contributed by atoms with E-state index in [0.29, 0.717) is 6.42 Å². The third kappa shape index (κ3) is 10.5. The summed E-state index contributed by atoms with van der Waals surface area (Å²) >= 11 is 0. The maximum atomic E-state index is 11.8. The Balaban J connectivity index is 3.56. The van der Waals surface area contributed by atoms with Crippen molar-refractivity contribution in [1.29, 1.82) is 0 Å². The molecule has 1 N–H and O–H groups in total. The third-order valence-electron chi connectivity index (χ3n) is 3.83. The van der Waals surface area contributed by atoms with E-state index in [1.807, 2.05) is 0 Å². The summed E-state index contributed by atoms with van der Waals surface area (Å²) in [7, 11) is 0. The normalized spacial score (nSPS) is 11.4. The highest BCUT2D eigenvalue weighted by Gasteiger charge is 2.32. The predicted octanol–water partition coefficient (Wildman–Crippen LogP) is 4.91. The molecule has 0 aromatic carbocycles. The first-order chi connectivity index (χ1) is 9.94. The van der Waals surface area contributed by atoms with Gasteiger partial charge in [-0.05, 0) is 20.3 Å². The molecule has 0 atom stereocenters. The number of hydrogen-bond donors (Lipinski definition) is 1. The topological polar surface area (TPSA) is 63.6 Å². The maximum absolute atomic E-state index is 11.8. The summed E-state index contributed by atoms with van der Waals surface area (Å²) in [6.45, 7) is 5.44. The van der Waals surface area contributed by atoms with Gasteiger partial charge in [0.1, 0.15) is 5.78 Å². The minimum Gasteiger partial charge on any atom is -0.300 e. The maximum Gasteiger partial charge on any atom is 0.348 e. The summed E-state index contributed by atoms with van der Waals surface area (Å²) < 4.78 is 0. The summed E-state index contributed by atoms with van der Waals surface area (Å²) in [6, 6.07) is 0. The van der Waals surface area contributed by atoms with Gasteiger partial charge < -0.3 is 4.89 Å². The van der Waals surface area contributed by atoms with Crippen LogP contribution >= 0.6 is 0 Å². The Bertz CT molecular complexity index is 297. The van der Waals surface area contributed by atoms with E-state index in [9.17, 15) is 9.59 Å². The summed E-state index contributed by atoms with van der Waals surface area (Å²) in [5.74, 6) is -0.684. The quantitative estimate of drug-likeness (QED) is 0.298. The van der Waals surface area contributed by atoms with Crippen LogP contribution < -0.4 is 0 Å². The van der Waals surface area contributed by atoms with Gasteiger partial charge >= 0.3 is 5.97 Å². The van der Waals surface area contributed by atoms with E-state index >= 15 is 0 Å². The Morgan fingerprint density at radius 2 is 1.38 bits per heavy atom. The number of Topliss-reactive ketones (excluding diaryl/α,β-unsaturated/α-hetero) is 1. The fraction of sp³-hybridized carbons (Fsp3) is 0.882. The van der Waals surface area contributed by atoms with Crippen molar-refractivity contribution in [3.8, 4) is 0 Å². The Labute approximate surface area is 129 Å². The van der Waals surface area contributed by atoms with E-state index in [4.69, 9.17) is 5.26 Å². The molecule has 0 radical (unpaired) electrons. The molecular formula is C17H32O4. The van der Waals surface area contributed by atoms with Gasteiger partial charge in [-0.25, -0.2) is 4.79 Å². The zero-order valence-electron chi connectivity index (χ0n) is 14.0. The molecule has 0 amide bonds. The average Bonchev–Trinajstić information content (AvgIpc) is 2.44. The molecule has 0 aliphatic rings. The van der Waals surface area contributed by atoms with Crippen molar-refractivity contribution in [1.82, 2.24) is 0 Å². The molecule has 124 valence electrons. The van der Waals surface area contributed by atoms with Crippen LogP contribution in [0.1, 0.15) is 91.4 Å². The molecule has 0 aliphatic heterocycles. The zero-order chi connectivity index (χ0) is 16.1. The molecular weight excluding hydrogens is 268 g/mol. The lowest BCUT2D eigenvalue weighted by Gasteiger charge is -2.18. The summed E-state index contributed by atoms with van der Waals surface area (Å²) in [4.78, 5) is 26.8. The molecule has 4 nitrogen and oxygen atoms in total. The van der Waals surface area contributed by atoms with Gasteiger partial charge in [-0.3, -0.25) is 4.79 Å². The molecule has 21 heavy (non-hydrogen) atoms. The van der Waals surface area contributed by atoms with Crippen molar-refractivity contribution in [2.45, 2.75) is 91.4 Å². The van der Waals surface area contributed by atoms with E-state index in [0.717, 1.165) is 12.8 Å². The van der Waals surface area contributed by atoms with E-state index in [-0.39, 0.29) is 12.2 Å². The highest BCUT2D eigenvalue weighted by molar-refractivity contribution is 5.86. The van der Waals surface area contributed by atoms with Crippen molar-refractivity contribution in [2.24, 2.45) is 5.41 Å². The molecule has 0 aromatic heterocycles. The van der Waals surface area contributed by atoms with Crippen LogP contribution in [0, 0.1) is 5.41 Å². The Morgan fingerprint density at radius 1 is 0.905 bits per heavy atom. The van der Waals surface area contributed by atoms with E-state index in [1.54, 1.807) is 13.8 Å². The van der Waals surface area contributed by atoms with Crippen molar-refractivity contribution < 1.29 is 19.7 Å². The molecule has 0 fully saturated rings. The first kappa shape index (κ1) is 20.1. The molecule has 0 saturated heterocycles. The largest absolute Gasteiger partial charge is 0.348 e. The van der Waals surface area contributed by atoms with Crippen LogP contribution in [-0.4, -0.2) is 17.0 Å². The molecule has 0 saturated carbocycles. The van der Waals surface area contributed by atoms with Crippen LogP contribution in [0.25, 0.3) is 0 Å². The average molecular weight is 300 g/mol.